The summed E-state index contributed by atoms with van der Waals surface area (Å²) in [5.74, 6) is -0.696. The van der Waals surface area contributed by atoms with Gasteiger partial charge in [0.15, 0.2) is 6.10 Å². The summed E-state index contributed by atoms with van der Waals surface area (Å²) in [6, 6.07) is 5.07. The van der Waals surface area contributed by atoms with Crippen LogP contribution in [0.5, 0.6) is 5.75 Å². The van der Waals surface area contributed by atoms with Crippen molar-refractivity contribution in [3.8, 4) is 5.75 Å². The van der Waals surface area contributed by atoms with E-state index in [1.807, 2.05) is 13.8 Å². The fourth-order valence-corrected chi connectivity index (χ4v) is 2.31. The van der Waals surface area contributed by atoms with E-state index >= 15 is 0 Å². The molecule has 8 nitrogen and oxygen atoms in total. The van der Waals surface area contributed by atoms with Crippen LogP contribution in [0.3, 0.4) is 0 Å². The van der Waals surface area contributed by atoms with Gasteiger partial charge in [0.1, 0.15) is 5.75 Å². The Balaban J connectivity index is 0. The zero-order valence-corrected chi connectivity index (χ0v) is 19.6. The van der Waals surface area contributed by atoms with Crippen LogP contribution in [-0.4, -0.2) is 48.2 Å². The predicted octanol–water partition coefficient (Wildman–Crippen LogP) is -0.878. The summed E-state index contributed by atoms with van der Waals surface area (Å²) in [4.78, 5) is 21.1. The number of carboxylic acid groups (broad SMARTS) is 1. The van der Waals surface area contributed by atoms with Gasteiger partial charge in [0, 0.05) is 19.9 Å². The zero-order chi connectivity index (χ0) is 18.8. The number of rotatable bonds is 7. The number of hydrogen-bond donors (Lipinski definition) is 3. The molecule has 0 bridgehead atoms. The molecule has 0 aliphatic carbocycles. The van der Waals surface area contributed by atoms with Crippen molar-refractivity contribution in [1.29, 1.82) is 0 Å². The molecule has 148 valence electrons. The first-order valence-corrected chi connectivity index (χ1v) is 8.06. The van der Waals surface area contributed by atoms with Gasteiger partial charge in [-0.15, -0.1) is 0 Å². The van der Waals surface area contributed by atoms with E-state index in [2.05, 4.69) is 10.1 Å². The zero-order valence-electron chi connectivity index (χ0n) is 16.5. The third kappa shape index (κ3) is 9.37. The number of carbonyl (C=O) groups is 1. The number of carboxylic acids is 1. The van der Waals surface area contributed by atoms with Crippen molar-refractivity contribution in [2.45, 2.75) is 51.8 Å². The normalized spacial score (nSPS) is 20.5. The van der Waals surface area contributed by atoms with Gasteiger partial charge in [0.25, 0.3) is 0 Å². The first kappa shape index (κ1) is 28.5. The fourth-order valence-electron chi connectivity index (χ4n) is 2.31. The van der Waals surface area contributed by atoms with Gasteiger partial charge in [-0.3, -0.25) is 0 Å². The molecule has 1 aliphatic heterocycles. The fraction of sp³-hybridized carbons (Fsp3) is 0.500. The summed E-state index contributed by atoms with van der Waals surface area (Å²) >= 11 is 0. The molecule has 3 N–H and O–H groups in total. The summed E-state index contributed by atoms with van der Waals surface area (Å²) in [6.45, 7) is 5.43. The Labute approximate surface area is 203 Å². The molecule has 3 atom stereocenters. The van der Waals surface area contributed by atoms with Crippen LogP contribution < -0.4 is 61.4 Å². The summed E-state index contributed by atoms with van der Waals surface area (Å²) in [6.07, 6.45) is -2.55. The third-order valence-electron chi connectivity index (χ3n) is 3.41. The van der Waals surface area contributed by atoms with Gasteiger partial charge in [-0.1, -0.05) is 26.4 Å². The average Bonchev–Trinajstić information content (AvgIpc) is 2.62. The quantitative estimate of drug-likeness (QED) is 0.394. The second kappa shape index (κ2) is 15.3. The summed E-state index contributed by atoms with van der Waals surface area (Å²) in [5, 5.41) is 21.7. The molecule has 0 spiro atoms. The molecule has 1 saturated heterocycles. The molecule has 9 heteroatoms. The Morgan fingerprint density at radius 3 is 2.59 bits per heavy atom. The van der Waals surface area contributed by atoms with E-state index < -0.39 is 24.5 Å². The van der Waals surface area contributed by atoms with Crippen molar-refractivity contribution in [2.75, 3.05) is 12.4 Å². The van der Waals surface area contributed by atoms with Gasteiger partial charge in [-0.2, -0.15) is 0 Å². The molecule has 3 unspecified atom stereocenters. The van der Waals surface area contributed by atoms with Crippen molar-refractivity contribution >= 4 is 18.1 Å². The van der Waals surface area contributed by atoms with Crippen molar-refractivity contribution in [3.63, 3.8) is 0 Å². The summed E-state index contributed by atoms with van der Waals surface area (Å²) in [5.41, 5.74) is 1.35. The van der Waals surface area contributed by atoms with Gasteiger partial charge in [0.05, 0.1) is 18.4 Å². The van der Waals surface area contributed by atoms with Crippen LogP contribution in [0.1, 0.15) is 32.3 Å². The Morgan fingerprint density at radius 1 is 1.37 bits per heavy atom. The van der Waals surface area contributed by atoms with E-state index in [0.717, 1.165) is 5.56 Å². The van der Waals surface area contributed by atoms with E-state index in [4.69, 9.17) is 14.6 Å². The maximum absolute atomic E-state index is 11.0. The van der Waals surface area contributed by atoms with E-state index in [-0.39, 0.29) is 78.3 Å². The van der Waals surface area contributed by atoms with Gasteiger partial charge in [-0.25, -0.2) is 4.79 Å². The molecule has 2 rings (SSSR count). The Hall–Kier alpha value is -0.684. The number of anilines is 1. The monoisotopic (exact) mass is 408 g/mol. The van der Waals surface area contributed by atoms with E-state index in [0.29, 0.717) is 11.4 Å². The van der Waals surface area contributed by atoms with Gasteiger partial charge < -0.3 is 42.0 Å². The van der Waals surface area contributed by atoms with Crippen LogP contribution in [0.15, 0.2) is 18.2 Å². The summed E-state index contributed by atoms with van der Waals surface area (Å²) < 4.78 is 15.6. The molecule has 1 fully saturated rings. The molecule has 1 aromatic rings. The van der Waals surface area contributed by atoms with Crippen LogP contribution >= 0.6 is 0 Å². The molecular weight excluding hydrogens is 381 g/mol. The maximum Gasteiger partial charge on any atom is 1.00 e. The van der Waals surface area contributed by atoms with E-state index in [9.17, 15) is 14.7 Å². The topological polar surface area (TPSA) is 114 Å². The molecule has 1 heterocycles. The number of aliphatic carboxylic acids is 1. The first-order valence-electron chi connectivity index (χ1n) is 8.06. The molecule has 1 aromatic carbocycles. The number of aliphatic hydroxyl groups is 1. The first-order chi connectivity index (χ1) is 12.0. The predicted molar refractivity (Wildman–Crippen MR) is 96.4 cm³/mol. The molecule has 0 aromatic heterocycles. The minimum atomic E-state index is -1.14. The van der Waals surface area contributed by atoms with Gasteiger partial charge in [-0.05, 0) is 17.7 Å². The Kier molecular flexibility index (Phi) is 16.1. The SMILES string of the molecule is CC.CNc1cc(CO[C-]=O)ccc1OC1CC(O)CC(C(=O)O)O1.[CH3-].[K+]. The molecule has 1 aliphatic rings. The third-order valence-corrected chi connectivity index (χ3v) is 3.41. The molecular formula is C18H27KNO7-. The minimum absolute atomic E-state index is 0. The van der Waals surface area contributed by atoms with Crippen molar-refractivity contribution in [3.05, 3.63) is 31.2 Å². The van der Waals surface area contributed by atoms with Crippen LogP contribution in [0.25, 0.3) is 0 Å². The molecule has 0 saturated carbocycles. The van der Waals surface area contributed by atoms with Crippen LogP contribution in [0.4, 0.5) is 5.69 Å². The Bertz CT molecular complexity index is 571. The minimum Gasteiger partial charge on any atom is -0.650 e. The van der Waals surface area contributed by atoms with E-state index in [1.54, 1.807) is 25.2 Å². The van der Waals surface area contributed by atoms with E-state index in [1.165, 1.54) is 6.47 Å². The van der Waals surface area contributed by atoms with Crippen LogP contribution in [-0.2, 0) is 25.7 Å². The number of nitrogens with one attached hydrogen (secondary N) is 1. The second-order valence-electron chi connectivity index (χ2n) is 5.09. The standard InChI is InChI=1S/C15H18NO7.C2H6.CH3.K/c1-16-11-4-9(7-21-8-17)2-3-12(11)22-14-6-10(18)5-13(23-14)15(19)20;1-2;;/h2-4,10,13-14,16,18H,5-7H2,1H3,(H,19,20);1-2H3;1H3;/q-1;;-1;+1. The average molecular weight is 409 g/mol. The number of benzene rings is 1. The second-order valence-corrected chi connectivity index (χ2v) is 5.09. The van der Waals surface area contributed by atoms with Crippen molar-refractivity contribution in [2.24, 2.45) is 0 Å². The van der Waals surface area contributed by atoms with Crippen LogP contribution in [0, 0.1) is 7.43 Å². The van der Waals surface area contributed by atoms with Gasteiger partial charge >= 0.3 is 57.4 Å². The molecule has 0 radical (unpaired) electrons. The van der Waals surface area contributed by atoms with Crippen molar-refractivity contribution in [1.82, 2.24) is 0 Å². The molecule has 0 amide bonds. The number of aliphatic hydroxyl groups excluding tert-OH is 1. The Morgan fingerprint density at radius 2 is 2.04 bits per heavy atom. The number of ether oxygens (including phenoxy) is 3. The van der Waals surface area contributed by atoms with Crippen LogP contribution in [0.2, 0.25) is 0 Å². The number of carbonyl (C=O) groups excluding carboxylic acids is 1. The van der Waals surface area contributed by atoms with Crippen molar-refractivity contribution < 1.29 is 85.4 Å². The largest absolute Gasteiger partial charge is 1.00 e. The summed E-state index contributed by atoms with van der Waals surface area (Å²) in [7, 11) is 1.69. The smallest absolute Gasteiger partial charge is 0.650 e. The molecule has 27 heavy (non-hydrogen) atoms. The number of hydrogen-bond acceptors (Lipinski definition) is 7. The maximum atomic E-state index is 11.0. The van der Waals surface area contributed by atoms with Gasteiger partial charge in [0.2, 0.25) is 6.29 Å².